The van der Waals surface area contributed by atoms with Crippen molar-refractivity contribution in [1.29, 1.82) is 0 Å². The number of fused-ring (bicyclic) bond motifs is 2. The average Bonchev–Trinajstić information content (AvgIpc) is 3.25. The van der Waals surface area contributed by atoms with Gasteiger partial charge in [0.15, 0.2) is 0 Å². The van der Waals surface area contributed by atoms with Gasteiger partial charge in [-0.1, -0.05) is 6.07 Å². The third-order valence-corrected chi connectivity index (χ3v) is 7.07. The molecule has 5 rings (SSSR count). The molecule has 0 radical (unpaired) electrons. The highest BCUT2D eigenvalue weighted by molar-refractivity contribution is 5.88. The maximum absolute atomic E-state index is 12.8. The van der Waals surface area contributed by atoms with Gasteiger partial charge in [0.2, 0.25) is 5.91 Å². The Morgan fingerprint density at radius 3 is 2.60 bits per heavy atom. The lowest BCUT2D eigenvalue weighted by Gasteiger charge is -2.47. The Balaban J connectivity index is 1.45. The monoisotopic (exact) mass is 474 g/mol. The Morgan fingerprint density at radius 2 is 1.86 bits per heavy atom. The zero-order valence-corrected chi connectivity index (χ0v) is 20.4. The van der Waals surface area contributed by atoms with Crippen LogP contribution in [0, 0.1) is 0 Å². The van der Waals surface area contributed by atoms with Gasteiger partial charge < -0.3 is 15.2 Å². The minimum absolute atomic E-state index is 0.0320. The Morgan fingerprint density at radius 1 is 1.11 bits per heavy atom. The minimum atomic E-state index is -0.478. The standard InChI is InChI=1S/C25H30N8O2/c1-15-12-33(21-10-24(35)30(4)22-13-31(14-23(26)34)29-25(21)22)16(2)11-32(15)17(3)18-5-6-19-20(9-18)28-8-7-27-19/h5-10,13,15-17H,11-12,14H2,1-4H3,(H2,26,34)/t15-,16+,17?/m1/s1. The van der Waals surface area contributed by atoms with Crippen LogP contribution in [0.25, 0.3) is 22.1 Å². The highest BCUT2D eigenvalue weighted by Crippen LogP contribution is 2.32. The van der Waals surface area contributed by atoms with Gasteiger partial charge in [-0.25, -0.2) is 0 Å². The van der Waals surface area contributed by atoms with Gasteiger partial charge in [0.05, 0.1) is 28.4 Å². The van der Waals surface area contributed by atoms with E-state index in [-0.39, 0.29) is 30.2 Å². The summed E-state index contributed by atoms with van der Waals surface area (Å²) in [5.74, 6) is -0.478. The molecule has 3 atom stereocenters. The van der Waals surface area contributed by atoms with Crippen LogP contribution >= 0.6 is 0 Å². The van der Waals surface area contributed by atoms with E-state index >= 15 is 0 Å². The molecule has 1 fully saturated rings. The first-order chi connectivity index (χ1) is 16.7. The van der Waals surface area contributed by atoms with Crippen LogP contribution in [0.1, 0.15) is 32.4 Å². The zero-order valence-electron chi connectivity index (χ0n) is 20.4. The van der Waals surface area contributed by atoms with Crippen LogP contribution < -0.4 is 16.2 Å². The highest BCUT2D eigenvalue weighted by Gasteiger charge is 2.34. The lowest BCUT2D eigenvalue weighted by molar-refractivity contribution is -0.118. The molecule has 1 aromatic carbocycles. The van der Waals surface area contributed by atoms with Crippen molar-refractivity contribution in [2.75, 3.05) is 18.0 Å². The summed E-state index contributed by atoms with van der Waals surface area (Å²) in [4.78, 5) is 37.8. The van der Waals surface area contributed by atoms with Crippen LogP contribution in [-0.2, 0) is 18.4 Å². The smallest absolute Gasteiger partial charge is 0.252 e. The molecule has 35 heavy (non-hydrogen) atoms. The first-order valence-corrected chi connectivity index (χ1v) is 11.8. The lowest BCUT2D eigenvalue weighted by atomic mass is 10.00. The van der Waals surface area contributed by atoms with E-state index in [1.165, 1.54) is 10.2 Å². The molecule has 1 amide bonds. The second-order valence-electron chi connectivity index (χ2n) is 9.48. The Labute approximate surface area is 203 Å². The number of hydrogen-bond donors (Lipinski definition) is 1. The van der Waals surface area contributed by atoms with E-state index in [1.807, 2.05) is 6.07 Å². The lowest BCUT2D eigenvalue weighted by Crippen LogP contribution is -2.57. The van der Waals surface area contributed by atoms with Gasteiger partial charge in [-0.3, -0.25) is 29.1 Å². The Hall–Kier alpha value is -3.79. The van der Waals surface area contributed by atoms with Crippen molar-refractivity contribution < 1.29 is 4.79 Å². The number of nitrogens with two attached hydrogens (primary N) is 1. The van der Waals surface area contributed by atoms with E-state index in [0.717, 1.165) is 29.8 Å². The predicted octanol–water partition coefficient (Wildman–Crippen LogP) is 1.82. The second kappa shape index (κ2) is 8.77. The maximum Gasteiger partial charge on any atom is 0.252 e. The third kappa shape index (κ3) is 4.14. The van der Waals surface area contributed by atoms with Crippen molar-refractivity contribution in [3.05, 3.63) is 58.8 Å². The predicted molar refractivity (Wildman–Crippen MR) is 135 cm³/mol. The fourth-order valence-electron chi connectivity index (χ4n) is 5.16. The first kappa shape index (κ1) is 23.0. The van der Waals surface area contributed by atoms with E-state index in [1.54, 1.807) is 36.3 Å². The van der Waals surface area contributed by atoms with E-state index in [2.05, 4.69) is 57.8 Å². The van der Waals surface area contributed by atoms with Crippen LogP contribution in [-0.4, -0.2) is 60.3 Å². The Kier molecular flexibility index (Phi) is 5.76. The number of carbonyl (C=O) groups is 1. The summed E-state index contributed by atoms with van der Waals surface area (Å²) in [5, 5.41) is 4.61. The molecule has 0 bridgehead atoms. The number of amides is 1. The fraction of sp³-hybridized carbons (Fsp3) is 0.400. The molecule has 1 unspecified atom stereocenters. The van der Waals surface area contributed by atoms with Crippen molar-refractivity contribution >= 4 is 33.7 Å². The molecule has 10 nitrogen and oxygen atoms in total. The van der Waals surface area contributed by atoms with Gasteiger partial charge in [0.1, 0.15) is 12.1 Å². The summed E-state index contributed by atoms with van der Waals surface area (Å²) in [7, 11) is 1.71. The molecule has 3 aromatic heterocycles. The molecule has 0 spiro atoms. The van der Waals surface area contributed by atoms with E-state index in [9.17, 15) is 9.59 Å². The number of aryl methyl sites for hydroxylation is 1. The molecule has 1 aliphatic rings. The third-order valence-electron chi connectivity index (χ3n) is 7.07. The van der Waals surface area contributed by atoms with Gasteiger partial charge >= 0.3 is 0 Å². The molecule has 1 aliphatic heterocycles. The number of nitrogens with zero attached hydrogens (tertiary/aromatic N) is 7. The number of carbonyl (C=O) groups excluding carboxylic acids is 1. The SMILES string of the molecule is CC(c1ccc2nccnc2c1)N1C[C@H](C)N(c2cc(=O)n(C)c3cn(CC(N)=O)nc23)C[C@H]1C. The minimum Gasteiger partial charge on any atom is -0.368 e. The van der Waals surface area contributed by atoms with Gasteiger partial charge in [-0.2, -0.15) is 5.10 Å². The van der Waals surface area contributed by atoms with Gasteiger partial charge in [-0.05, 0) is 38.5 Å². The van der Waals surface area contributed by atoms with Crippen molar-refractivity contribution in [3.8, 4) is 0 Å². The second-order valence-corrected chi connectivity index (χ2v) is 9.48. The number of primary amides is 1. The van der Waals surface area contributed by atoms with Crippen molar-refractivity contribution in [3.63, 3.8) is 0 Å². The van der Waals surface area contributed by atoms with Gasteiger partial charge in [-0.15, -0.1) is 0 Å². The van der Waals surface area contributed by atoms with Gasteiger partial charge in [0, 0.05) is 56.7 Å². The van der Waals surface area contributed by atoms with Crippen molar-refractivity contribution in [2.45, 2.75) is 45.4 Å². The van der Waals surface area contributed by atoms with Crippen LogP contribution in [0.3, 0.4) is 0 Å². The number of piperazine rings is 1. The number of pyridine rings is 1. The molecule has 182 valence electrons. The highest BCUT2D eigenvalue weighted by atomic mass is 16.1. The summed E-state index contributed by atoms with van der Waals surface area (Å²) in [5.41, 5.74) is 10.4. The topological polar surface area (TPSA) is 115 Å². The van der Waals surface area contributed by atoms with Crippen molar-refractivity contribution in [1.82, 2.24) is 29.2 Å². The molecular formula is C25H30N8O2. The summed E-state index contributed by atoms with van der Waals surface area (Å²) in [6.07, 6.45) is 5.13. The molecule has 1 saturated heterocycles. The number of rotatable bonds is 5. The number of aromatic nitrogens is 5. The van der Waals surface area contributed by atoms with Gasteiger partial charge in [0.25, 0.3) is 5.56 Å². The molecule has 0 aliphatic carbocycles. The van der Waals surface area contributed by atoms with E-state index in [4.69, 9.17) is 5.73 Å². The first-order valence-electron chi connectivity index (χ1n) is 11.8. The van der Waals surface area contributed by atoms with Crippen LogP contribution in [0.4, 0.5) is 5.69 Å². The summed E-state index contributed by atoms with van der Waals surface area (Å²) < 4.78 is 3.06. The molecule has 2 N–H and O–H groups in total. The normalized spacial score (nSPS) is 19.9. The summed E-state index contributed by atoms with van der Waals surface area (Å²) >= 11 is 0. The summed E-state index contributed by atoms with van der Waals surface area (Å²) in [6.45, 7) is 8.12. The molecule has 4 aromatic rings. The fourth-order valence-corrected chi connectivity index (χ4v) is 5.16. The maximum atomic E-state index is 12.8. The average molecular weight is 475 g/mol. The number of anilines is 1. The number of benzene rings is 1. The Bertz CT molecular complexity index is 1480. The zero-order chi connectivity index (χ0) is 24.9. The van der Waals surface area contributed by atoms with Crippen LogP contribution in [0.5, 0.6) is 0 Å². The van der Waals surface area contributed by atoms with Crippen LogP contribution in [0.15, 0.2) is 47.7 Å². The van der Waals surface area contributed by atoms with E-state index < -0.39 is 5.91 Å². The number of hydrogen-bond acceptors (Lipinski definition) is 7. The molecule has 4 heterocycles. The summed E-state index contributed by atoms with van der Waals surface area (Å²) in [6, 6.07) is 8.48. The quantitative estimate of drug-likeness (QED) is 0.469. The molecule has 10 heteroatoms. The van der Waals surface area contributed by atoms with Crippen molar-refractivity contribution in [2.24, 2.45) is 12.8 Å². The van der Waals surface area contributed by atoms with E-state index in [0.29, 0.717) is 11.0 Å². The molecular weight excluding hydrogens is 444 g/mol. The largest absolute Gasteiger partial charge is 0.368 e. The molecule has 0 saturated carbocycles. The van der Waals surface area contributed by atoms with Crippen LogP contribution in [0.2, 0.25) is 0 Å².